The zero-order valence-corrected chi connectivity index (χ0v) is 10.7. The normalized spacial score (nSPS) is 10.3. The molecule has 0 heterocycles. The highest BCUT2D eigenvalue weighted by molar-refractivity contribution is 5.81. The summed E-state index contributed by atoms with van der Waals surface area (Å²) in [5, 5.41) is 0. The van der Waals surface area contributed by atoms with Crippen molar-refractivity contribution in [2.75, 3.05) is 0 Å². The Morgan fingerprint density at radius 3 is 2.35 bits per heavy atom. The molecule has 0 aliphatic carbocycles. The van der Waals surface area contributed by atoms with E-state index in [2.05, 4.69) is 69.8 Å². The van der Waals surface area contributed by atoms with Gasteiger partial charge < -0.3 is 0 Å². The third-order valence-electron chi connectivity index (χ3n) is 3.03. The van der Waals surface area contributed by atoms with Gasteiger partial charge in [-0.05, 0) is 43.0 Å². The van der Waals surface area contributed by atoms with Crippen molar-refractivity contribution in [1.82, 2.24) is 0 Å². The second-order valence-electron chi connectivity index (χ2n) is 4.65. The maximum Gasteiger partial charge on any atom is -0.0106 e. The van der Waals surface area contributed by atoms with Gasteiger partial charge in [0.2, 0.25) is 0 Å². The van der Waals surface area contributed by atoms with E-state index in [1.54, 1.807) is 0 Å². The highest BCUT2D eigenvalue weighted by Crippen LogP contribution is 2.30. The van der Waals surface area contributed by atoms with Gasteiger partial charge >= 0.3 is 0 Å². The van der Waals surface area contributed by atoms with Crippen LogP contribution in [0, 0.1) is 13.8 Å². The van der Waals surface area contributed by atoms with Crippen LogP contribution < -0.4 is 0 Å². The first-order chi connectivity index (χ1) is 8.09. The molecule has 0 saturated heterocycles. The molecule has 0 N–H and O–H groups in total. The summed E-state index contributed by atoms with van der Waals surface area (Å²) in [7, 11) is 0. The summed E-state index contributed by atoms with van der Waals surface area (Å²) in [6, 6.07) is 15.0. The molecule has 0 radical (unpaired) electrons. The maximum atomic E-state index is 4.09. The number of aryl methyl sites for hydroxylation is 2. The average Bonchev–Trinajstić information content (AvgIpc) is 2.28. The van der Waals surface area contributed by atoms with Gasteiger partial charge in [0.15, 0.2) is 0 Å². The Hall–Kier alpha value is -1.82. The number of benzene rings is 2. The van der Waals surface area contributed by atoms with Crippen LogP contribution in [0.1, 0.15) is 23.6 Å². The van der Waals surface area contributed by atoms with Gasteiger partial charge in [0, 0.05) is 0 Å². The van der Waals surface area contributed by atoms with E-state index in [0.29, 0.717) is 0 Å². The molecule has 0 aliphatic heterocycles. The highest BCUT2D eigenvalue weighted by Gasteiger charge is 2.08. The monoisotopic (exact) mass is 222 g/mol. The van der Waals surface area contributed by atoms with Crippen molar-refractivity contribution in [2.45, 2.75) is 20.8 Å². The third-order valence-corrected chi connectivity index (χ3v) is 3.03. The van der Waals surface area contributed by atoms with Crippen LogP contribution in [0.15, 0.2) is 49.0 Å². The van der Waals surface area contributed by atoms with E-state index in [1.807, 2.05) is 0 Å². The van der Waals surface area contributed by atoms with Crippen molar-refractivity contribution < 1.29 is 0 Å². The molecule has 0 aromatic heterocycles. The van der Waals surface area contributed by atoms with Crippen LogP contribution >= 0.6 is 0 Å². The Morgan fingerprint density at radius 2 is 1.71 bits per heavy atom. The van der Waals surface area contributed by atoms with Crippen molar-refractivity contribution in [3.63, 3.8) is 0 Å². The fourth-order valence-electron chi connectivity index (χ4n) is 2.29. The van der Waals surface area contributed by atoms with E-state index < -0.39 is 0 Å². The molecule has 2 aromatic rings. The summed E-state index contributed by atoms with van der Waals surface area (Å²) in [6.45, 7) is 10.4. The van der Waals surface area contributed by atoms with Gasteiger partial charge in [0.1, 0.15) is 0 Å². The molecule has 0 spiro atoms. The largest absolute Gasteiger partial charge is 0.0955 e. The van der Waals surface area contributed by atoms with E-state index in [9.17, 15) is 0 Å². The maximum absolute atomic E-state index is 4.09. The summed E-state index contributed by atoms with van der Waals surface area (Å²) in [5.74, 6) is 0. The quantitative estimate of drug-likeness (QED) is 0.670. The molecule has 0 bridgehead atoms. The van der Waals surface area contributed by atoms with E-state index in [1.165, 1.54) is 27.8 Å². The fourth-order valence-corrected chi connectivity index (χ4v) is 2.29. The average molecular weight is 222 g/mol. The Bertz CT molecular complexity index is 562. The zero-order valence-electron chi connectivity index (χ0n) is 10.7. The lowest BCUT2D eigenvalue weighted by Crippen LogP contribution is -1.90. The van der Waals surface area contributed by atoms with Gasteiger partial charge in [-0.3, -0.25) is 0 Å². The number of hydrogen-bond donors (Lipinski definition) is 0. The molecule has 0 amide bonds. The molecule has 0 heteroatoms. The highest BCUT2D eigenvalue weighted by atomic mass is 14.1. The van der Waals surface area contributed by atoms with Gasteiger partial charge in [-0.15, -0.1) is 0 Å². The Labute approximate surface area is 104 Å². The van der Waals surface area contributed by atoms with E-state index in [4.69, 9.17) is 0 Å². The van der Waals surface area contributed by atoms with Crippen LogP contribution in [-0.2, 0) is 0 Å². The van der Waals surface area contributed by atoms with Gasteiger partial charge in [-0.25, -0.2) is 0 Å². The Balaban J connectivity index is 2.67. The summed E-state index contributed by atoms with van der Waals surface area (Å²) in [5.41, 5.74) is 7.53. The minimum atomic E-state index is 1.12. The molecule has 0 atom stereocenters. The minimum Gasteiger partial charge on any atom is -0.0955 e. The standard InChI is InChI=1S/C17H18/c1-12(2)17-14(4)8-6-10-16(17)15-9-5-7-13(3)11-15/h5-11H,1H2,2-4H3. The van der Waals surface area contributed by atoms with Gasteiger partial charge in [-0.2, -0.15) is 0 Å². The lowest BCUT2D eigenvalue weighted by atomic mass is 9.92. The molecule has 0 saturated carbocycles. The van der Waals surface area contributed by atoms with Crippen molar-refractivity contribution >= 4 is 5.57 Å². The predicted octanol–water partition coefficient (Wildman–Crippen LogP) is 5.00. The lowest BCUT2D eigenvalue weighted by Gasteiger charge is -2.13. The predicted molar refractivity (Wildman–Crippen MR) is 76.1 cm³/mol. The Morgan fingerprint density at radius 1 is 1.00 bits per heavy atom. The summed E-state index contributed by atoms with van der Waals surface area (Å²) >= 11 is 0. The van der Waals surface area contributed by atoms with E-state index in [0.717, 1.165) is 5.57 Å². The van der Waals surface area contributed by atoms with Gasteiger partial charge in [0.05, 0.1) is 0 Å². The minimum absolute atomic E-state index is 1.12. The summed E-state index contributed by atoms with van der Waals surface area (Å²) < 4.78 is 0. The molecule has 2 rings (SSSR count). The molecule has 86 valence electrons. The first kappa shape index (κ1) is 11.7. The third kappa shape index (κ3) is 2.31. The van der Waals surface area contributed by atoms with Crippen LogP contribution in [0.5, 0.6) is 0 Å². The second-order valence-corrected chi connectivity index (χ2v) is 4.65. The molecule has 17 heavy (non-hydrogen) atoms. The molecule has 0 nitrogen and oxygen atoms in total. The molecule has 0 unspecified atom stereocenters. The van der Waals surface area contributed by atoms with Crippen molar-refractivity contribution in [3.8, 4) is 11.1 Å². The van der Waals surface area contributed by atoms with Gasteiger partial charge in [-0.1, -0.05) is 60.2 Å². The van der Waals surface area contributed by atoms with E-state index >= 15 is 0 Å². The Kier molecular flexibility index (Phi) is 3.14. The first-order valence-electron chi connectivity index (χ1n) is 5.92. The summed E-state index contributed by atoms with van der Waals surface area (Å²) in [4.78, 5) is 0. The molecule has 0 fully saturated rings. The number of hydrogen-bond acceptors (Lipinski definition) is 0. The van der Waals surface area contributed by atoms with Gasteiger partial charge in [0.25, 0.3) is 0 Å². The molecular weight excluding hydrogens is 204 g/mol. The van der Waals surface area contributed by atoms with Crippen molar-refractivity contribution in [1.29, 1.82) is 0 Å². The SMILES string of the molecule is C=C(C)c1c(C)cccc1-c1cccc(C)c1. The lowest BCUT2D eigenvalue weighted by molar-refractivity contribution is 1.40. The van der Waals surface area contributed by atoms with Crippen LogP contribution in [0.2, 0.25) is 0 Å². The van der Waals surface area contributed by atoms with Crippen molar-refractivity contribution in [3.05, 3.63) is 65.7 Å². The molecule has 2 aromatic carbocycles. The second kappa shape index (κ2) is 4.58. The molecular formula is C17H18. The van der Waals surface area contributed by atoms with E-state index in [-0.39, 0.29) is 0 Å². The van der Waals surface area contributed by atoms with Crippen molar-refractivity contribution in [2.24, 2.45) is 0 Å². The van der Waals surface area contributed by atoms with Crippen LogP contribution in [-0.4, -0.2) is 0 Å². The number of allylic oxidation sites excluding steroid dienone is 1. The zero-order chi connectivity index (χ0) is 12.4. The molecule has 0 aliphatic rings. The van der Waals surface area contributed by atoms with Crippen LogP contribution in [0.25, 0.3) is 16.7 Å². The summed E-state index contributed by atoms with van der Waals surface area (Å²) in [6.07, 6.45) is 0. The van der Waals surface area contributed by atoms with Crippen LogP contribution in [0.3, 0.4) is 0 Å². The van der Waals surface area contributed by atoms with Crippen LogP contribution in [0.4, 0.5) is 0 Å². The first-order valence-corrected chi connectivity index (χ1v) is 5.92. The fraction of sp³-hybridized carbons (Fsp3) is 0.176. The number of rotatable bonds is 2. The smallest absolute Gasteiger partial charge is 0.0106 e. The topological polar surface area (TPSA) is 0 Å².